The molecular weight excluding hydrogens is 432 g/mol. The van der Waals surface area contributed by atoms with Crippen LogP contribution in [-0.4, -0.2) is 48.6 Å². The van der Waals surface area contributed by atoms with E-state index in [1.54, 1.807) is 12.1 Å². The minimum atomic E-state index is -0.997. The molecule has 0 amide bonds. The summed E-state index contributed by atoms with van der Waals surface area (Å²) < 4.78 is 23.1. The average molecular weight is 469 g/mol. The van der Waals surface area contributed by atoms with Gasteiger partial charge in [0.25, 0.3) is 0 Å². The van der Waals surface area contributed by atoms with E-state index < -0.39 is 12.6 Å². The molecule has 0 fully saturated rings. The van der Waals surface area contributed by atoms with E-state index in [0.29, 0.717) is 11.1 Å². The van der Waals surface area contributed by atoms with Crippen molar-refractivity contribution in [2.24, 2.45) is 0 Å². The van der Waals surface area contributed by atoms with Crippen molar-refractivity contribution < 1.29 is 28.5 Å². The van der Waals surface area contributed by atoms with Crippen LogP contribution in [0.2, 0.25) is 0 Å². The lowest BCUT2D eigenvalue weighted by molar-refractivity contribution is -0.153. The van der Waals surface area contributed by atoms with Gasteiger partial charge in [-0.05, 0) is 77.1 Å². The molecule has 0 heterocycles. The Kier molecular flexibility index (Phi) is 8.42. The fourth-order valence-electron chi connectivity index (χ4n) is 3.91. The third-order valence-electron chi connectivity index (χ3n) is 5.20. The Morgan fingerprint density at radius 2 is 1.09 bits per heavy atom. The van der Waals surface area contributed by atoms with Gasteiger partial charge in [-0.25, -0.2) is 0 Å². The van der Waals surface area contributed by atoms with Gasteiger partial charge in [-0.1, -0.05) is 30.3 Å². The lowest BCUT2D eigenvalue weighted by Gasteiger charge is -2.23. The average Bonchev–Trinajstić information content (AvgIpc) is 2.73. The molecule has 1 aliphatic rings. The van der Waals surface area contributed by atoms with Crippen molar-refractivity contribution in [2.45, 2.75) is 92.4 Å². The van der Waals surface area contributed by atoms with Crippen molar-refractivity contribution in [2.75, 3.05) is 0 Å². The summed E-state index contributed by atoms with van der Waals surface area (Å²) in [7, 11) is 0. The van der Waals surface area contributed by atoms with Gasteiger partial charge in [0.2, 0.25) is 24.1 Å². The maximum atomic E-state index is 13.4. The summed E-state index contributed by atoms with van der Waals surface area (Å²) in [6.45, 7) is 14.9. The lowest BCUT2D eigenvalue weighted by atomic mass is 9.93. The van der Waals surface area contributed by atoms with Gasteiger partial charge in [0.1, 0.15) is 0 Å². The molecule has 1 aliphatic carbocycles. The molecule has 0 saturated heterocycles. The van der Waals surface area contributed by atoms with E-state index in [1.165, 1.54) is 0 Å². The van der Waals surface area contributed by atoms with E-state index in [9.17, 15) is 9.59 Å². The number of benzene rings is 2. The monoisotopic (exact) mass is 468 g/mol. The van der Waals surface area contributed by atoms with Gasteiger partial charge in [-0.3, -0.25) is 9.59 Å². The molecule has 0 atom stereocenters. The van der Waals surface area contributed by atoms with E-state index in [2.05, 4.69) is 0 Å². The van der Waals surface area contributed by atoms with Crippen molar-refractivity contribution in [3.8, 4) is 0 Å². The van der Waals surface area contributed by atoms with Gasteiger partial charge in [-0.15, -0.1) is 0 Å². The molecule has 0 aliphatic heterocycles. The third kappa shape index (κ3) is 5.81. The second-order valence-corrected chi connectivity index (χ2v) is 9.62. The Labute approximate surface area is 201 Å². The largest absolute Gasteiger partial charge is 0.343 e. The molecule has 6 heteroatoms. The van der Waals surface area contributed by atoms with Crippen LogP contribution in [0, 0.1) is 20.9 Å². The van der Waals surface area contributed by atoms with E-state index >= 15 is 0 Å². The Balaban J connectivity index is 2.06. The number of hydrogen-bond acceptors (Lipinski definition) is 6. The normalized spacial score (nSPS) is 12.6. The van der Waals surface area contributed by atoms with Crippen LogP contribution in [-0.2, 0) is 18.9 Å². The Hall–Kier alpha value is -2.38. The molecule has 0 saturated carbocycles. The summed E-state index contributed by atoms with van der Waals surface area (Å²) in [4.78, 5) is 26.7. The molecule has 34 heavy (non-hydrogen) atoms. The zero-order valence-corrected chi connectivity index (χ0v) is 21.4. The van der Waals surface area contributed by atoms with Crippen molar-refractivity contribution in [1.29, 1.82) is 0 Å². The summed E-state index contributed by atoms with van der Waals surface area (Å²) in [5, 5.41) is 3.64. The maximum Gasteiger partial charge on any atom is 0.223 e. The summed E-state index contributed by atoms with van der Waals surface area (Å²) in [6, 6.07) is 11.1. The standard InChI is InChI=1S/C28H36O6/c1-15(2)31-27(32-16(3)4)25(29)19-12-13-20-21-10-9-11-22(24(21)23(20)14-19)26(30)28(33-17(5)6)34-18(7)8/h9-18,27-28H,1-8H3. The summed E-state index contributed by atoms with van der Waals surface area (Å²) in [5.41, 5.74) is 1.00. The van der Waals surface area contributed by atoms with Crippen molar-refractivity contribution in [3.05, 3.63) is 68.4 Å². The highest BCUT2D eigenvalue weighted by molar-refractivity contribution is 6.00. The smallest absolute Gasteiger partial charge is 0.223 e. The van der Waals surface area contributed by atoms with E-state index in [-0.39, 0.29) is 36.0 Å². The van der Waals surface area contributed by atoms with Crippen LogP contribution >= 0.6 is 0 Å². The fraction of sp³-hybridized carbons (Fsp3) is 0.500. The third-order valence-corrected chi connectivity index (χ3v) is 5.20. The molecule has 0 spiro atoms. The first kappa shape index (κ1) is 26.2. The number of rotatable bonds is 12. The van der Waals surface area contributed by atoms with Gasteiger partial charge in [0, 0.05) is 16.3 Å². The molecule has 0 N–H and O–H groups in total. The number of ketones is 2. The predicted molar refractivity (Wildman–Crippen MR) is 129 cm³/mol. The SMILES string of the molecule is CC(C)OC(OC(C)C)C(=O)c1ccc2c(c1)=c1c(C(=O)C(OC(C)C)OC(C)C)cccc1=2. The molecule has 0 bridgehead atoms. The van der Waals surface area contributed by atoms with Gasteiger partial charge < -0.3 is 18.9 Å². The van der Waals surface area contributed by atoms with Crippen LogP contribution < -0.4 is 0 Å². The Bertz CT molecular complexity index is 1210. The number of hydrogen-bond donors (Lipinski definition) is 0. The number of ether oxygens (including phenoxy) is 4. The fourth-order valence-corrected chi connectivity index (χ4v) is 3.91. The van der Waals surface area contributed by atoms with Gasteiger partial charge >= 0.3 is 0 Å². The minimum Gasteiger partial charge on any atom is -0.343 e. The quantitative estimate of drug-likeness (QED) is 0.266. The van der Waals surface area contributed by atoms with Crippen LogP contribution in [0.1, 0.15) is 76.1 Å². The van der Waals surface area contributed by atoms with Crippen LogP contribution in [0.3, 0.4) is 0 Å². The highest BCUT2D eigenvalue weighted by Crippen LogP contribution is 2.22. The molecule has 2 aromatic rings. The summed E-state index contributed by atoms with van der Waals surface area (Å²) in [5.74, 6) is -0.475. The zero-order valence-electron chi connectivity index (χ0n) is 21.4. The zero-order chi connectivity index (χ0) is 25.2. The topological polar surface area (TPSA) is 71.1 Å². The summed E-state index contributed by atoms with van der Waals surface area (Å²) in [6.07, 6.45) is -2.65. The molecule has 184 valence electrons. The highest BCUT2D eigenvalue weighted by Gasteiger charge is 2.27. The molecule has 0 aromatic heterocycles. The van der Waals surface area contributed by atoms with Crippen LogP contribution in [0.25, 0.3) is 0 Å². The van der Waals surface area contributed by atoms with Crippen LogP contribution in [0.4, 0.5) is 0 Å². The van der Waals surface area contributed by atoms with E-state index in [4.69, 9.17) is 18.9 Å². The van der Waals surface area contributed by atoms with Crippen molar-refractivity contribution >= 4 is 11.6 Å². The first-order valence-electron chi connectivity index (χ1n) is 12.0. The van der Waals surface area contributed by atoms with Crippen molar-refractivity contribution in [1.82, 2.24) is 0 Å². The summed E-state index contributed by atoms with van der Waals surface area (Å²) >= 11 is 0. The molecule has 2 aromatic carbocycles. The van der Waals surface area contributed by atoms with E-state index in [0.717, 1.165) is 20.9 Å². The molecular formula is C28H36O6. The van der Waals surface area contributed by atoms with Crippen LogP contribution in [0.15, 0.2) is 36.4 Å². The Morgan fingerprint density at radius 3 is 1.59 bits per heavy atom. The van der Waals surface area contributed by atoms with Gasteiger partial charge in [0.15, 0.2) is 0 Å². The van der Waals surface area contributed by atoms with E-state index in [1.807, 2.05) is 79.7 Å². The first-order chi connectivity index (χ1) is 16.0. The van der Waals surface area contributed by atoms with Crippen molar-refractivity contribution in [3.63, 3.8) is 0 Å². The molecule has 0 unspecified atom stereocenters. The second kappa shape index (κ2) is 10.9. The lowest BCUT2D eigenvalue weighted by Crippen LogP contribution is -2.33. The van der Waals surface area contributed by atoms with Gasteiger partial charge in [0.05, 0.1) is 24.4 Å². The molecule has 6 nitrogen and oxygen atoms in total. The van der Waals surface area contributed by atoms with Gasteiger partial charge in [-0.2, -0.15) is 0 Å². The highest BCUT2D eigenvalue weighted by atomic mass is 16.7. The molecule has 3 rings (SSSR count). The second-order valence-electron chi connectivity index (χ2n) is 9.62. The van der Waals surface area contributed by atoms with Crippen LogP contribution in [0.5, 0.6) is 0 Å². The predicted octanol–water partition coefficient (Wildman–Crippen LogP) is 5.29. The number of fused-ring (bicyclic) bond motifs is 2. The number of carbonyl (C=O) groups excluding carboxylic acids is 2. The molecule has 0 radical (unpaired) electrons. The maximum absolute atomic E-state index is 13.4. The number of carbonyl (C=O) groups is 2. The first-order valence-corrected chi connectivity index (χ1v) is 12.0. The Morgan fingerprint density at radius 1 is 0.588 bits per heavy atom. The number of Topliss-reactive ketones (excluding diaryl/α,β-unsaturated/α-hetero) is 2. The minimum absolute atomic E-state index is 0.164.